The second-order valence-corrected chi connectivity index (χ2v) is 4.88. The van der Waals surface area contributed by atoms with Crippen molar-refractivity contribution in [3.8, 4) is 6.07 Å². The molecule has 0 aromatic heterocycles. The summed E-state index contributed by atoms with van der Waals surface area (Å²) < 4.78 is 0. The molecule has 102 valence electrons. The Bertz CT molecular complexity index is 505. The lowest BCUT2D eigenvalue weighted by Gasteiger charge is -2.20. The van der Waals surface area contributed by atoms with E-state index in [1.54, 1.807) is 26.1 Å². The Morgan fingerprint density at radius 2 is 2.05 bits per heavy atom. The molecule has 1 rings (SSSR count). The number of benzene rings is 1. The van der Waals surface area contributed by atoms with Gasteiger partial charge in [-0.2, -0.15) is 5.26 Å². The zero-order valence-electron chi connectivity index (χ0n) is 11.8. The van der Waals surface area contributed by atoms with Gasteiger partial charge < -0.3 is 15.5 Å². The standard InChI is InChI=1S/C14H20N4O/c1-10(8-15)9-18(4)14(19)11-5-6-13(17(2)3)12(16)7-11/h5-7,10H,9,16H2,1-4H3. The highest BCUT2D eigenvalue weighted by molar-refractivity contribution is 5.96. The van der Waals surface area contributed by atoms with E-state index in [1.165, 1.54) is 4.90 Å². The summed E-state index contributed by atoms with van der Waals surface area (Å²) in [5.41, 5.74) is 7.91. The first kappa shape index (κ1) is 14.8. The van der Waals surface area contributed by atoms with Crippen LogP contribution in [0.4, 0.5) is 11.4 Å². The van der Waals surface area contributed by atoms with Gasteiger partial charge in [-0.3, -0.25) is 4.79 Å². The van der Waals surface area contributed by atoms with Crippen LogP contribution in [0.1, 0.15) is 17.3 Å². The molecule has 0 bridgehead atoms. The van der Waals surface area contributed by atoms with Gasteiger partial charge in [-0.15, -0.1) is 0 Å². The van der Waals surface area contributed by atoms with Crippen LogP contribution in [0.15, 0.2) is 18.2 Å². The van der Waals surface area contributed by atoms with Gasteiger partial charge in [-0.25, -0.2) is 0 Å². The maximum Gasteiger partial charge on any atom is 0.253 e. The number of rotatable bonds is 4. The van der Waals surface area contributed by atoms with Crippen molar-refractivity contribution in [2.75, 3.05) is 38.3 Å². The molecule has 5 heteroatoms. The number of nitrogens with two attached hydrogens (primary N) is 1. The average molecular weight is 260 g/mol. The van der Waals surface area contributed by atoms with Crippen LogP contribution in [-0.2, 0) is 0 Å². The van der Waals surface area contributed by atoms with Gasteiger partial charge in [0.2, 0.25) is 0 Å². The third-order valence-electron chi connectivity index (χ3n) is 2.87. The zero-order chi connectivity index (χ0) is 14.6. The fraction of sp³-hybridized carbons (Fsp3) is 0.429. The molecule has 1 aromatic carbocycles. The summed E-state index contributed by atoms with van der Waals surface area (Å²) in [6.45, 7) is 2.19. The van der Waals surface area contributed by atoms with Crippen molar-refractivity contribution in [3.63, 3.8) is 0 Å². The summed E-state index contributed by atoms with van der Waals surface area (Å²) in [4.78, 5) is 15.6. The SMILES string of the molecule is CC(C#N)CN(C)C(=O)c1ccc(N(C)C)c(N)c1. The second kappa shape index (κ2) is 6.10. The molecule has 0 spiro atoms. The van der Waals surface area contributed by atoms with Gasteiger partial charge in [0.25, 0.3) is 5.91 Å². The molecule has 1 atom stereocenters. The maximum absolute atomic E-state index is 12.2. The Kier molecular flexibility index (Phi) is 4.76. The lowest BCUT2D eigenvalue weighted by Crippen LogP contribution is -2.30. The highest BCUT2D eigenvalue weighted by Crippen LogP contribution is 2.22. The van der Waals surface area contributed by atoms with E-state index in [1.807, 2.05) is 25.1 Å². The van der Waals surface area contributed by atoms with E-state index < -0.39 is 0 Å². The van der Waals surface area contributed by atoms with Gasteiger partial charge in [-0.1, -0.05) is 0 Å². The number of hydrogen-bond acceptors (Lipinski definition) is 4. The molecule has 0 heterocycles. The van der Waals surface area contributed by atoms with Crippen LogP contribution in [0.25, 0.3) is 0 Å². The number of carbonyl (C=O) groups is 1. The molecule has 0 aliphatic carbocycles. The van der Waals surface area contributed by atoms with Crippen LogP contribution in [0.3, 0.4) is 0 Å². The number of nitriles is 1. The Balaban J connectivity index is 2.89. The summed E-state index contributed by atoms with van der Waals surface area (Å²) in [5, 5.41) is 8.76. The van der Waals surface area contributed by atoms with Crippen molar-refractivity contribution in [1.29, 1.82) is 5.26 Å². The topological polar surface area (TPSA) is 73.4 Å². The fourth-order valence-electron chi connectivity index (χ4n) is 1.85. The Morgan fingerprint density at radius 1 is 1.42 bits per heavy atom. The first-order chi connectivity index (χ1) is 8.86. The van der Waals surface area contributed by atoms with Crippen LogP contribution < -0.4 is 10.6 Å². The molecule has 1 aromatic rings. The highest BCUT2D eigenvalue weighted by atomic mass is 16.2. The maximum atomic E-state index is 12.2. The predicted molar refractivity (Wildman–Crippen MR) is 76.9 cm³/mol. The third kappa shape index (κ3) is 3.62. The largest absolute Gasteiger partial charge is 0.397 e. The molecule has 19 heavy (non-hydrogen) atoms. The predicted octanol–water partition coefficient (Wildman–Crippen LogP) is 1.57. The van der Waals surface area contributed by atoms with Crippen LogP contribution in [0, 0.1) is 17.2 Å². The van der Waals surface area contributed by atoms with Crippen LogP contribution >= 0.6 is 0 Å². The lowest BCUT2D eigenvalue weighted by molar-refractivity contribution is 0.0785. The Labute approximate surface area is 114 Å². The smallest absolute Gasteiger partial charge is 0.253 e. The molecule has 0 fully saturated rings. The molecule has 1 unspecified atom stereocenters. The van der Waals surface area contributed by atoms with Crippen molar-refractivity contribution >= 4 is 17.3 Å². The molecule has 1 amide bonds. The minimum Gasteiger partial charge on any atom is -0.397 e. The number of nitrogen functional groups attached to an aromatic ring is 1. The van der Waals surface area contributed by atoms with Crippen molar-refractivity contribution in [2.45, 2.75) is 6.92 Å². The molecule has 0 aliphatic heterocycles. The van der Waals surface area contributed by atoms with Crippen molar-refractivity contribution in [2.24, 2.45) is 5.92 Å². The van der Waals surface area contributed by atoms with E-state index in [4.69, 9.17) is 11.0 Å². The highest BCUT2D eigenvalue weighted by Gasteiger charge is 2.15. The first-order valence-corrected chi connectivity index (χ1v) is 6.08. The number of anilines is 2. The number of hydrogen-bond donors (Lipinski definition) is 1. The van der Waals surface area contributed by atoms with Gasteiger partial charge in [0.15, 0.2) is 0 Å². The number of nitrogens with zero attached hydrogens (tertiary/aromatic N) is 3. The Hall–Kier alpha value is -2.22. The van der Waals surface area contributed by atoms with Crippen LogP contribution in [0.5, 0.6) is 0 Å². The summed E-state index contributed by atoms with van der Waals surface area (Å²) in [7, 11) is 5.48. The van der Waals surface area contributed by atoms with Crippen molar-refractivity contribution < 1.29 is 4.79 Å². The van der Waals surface area contributed by atoms with Gasteiger partial charge in [0, 0.05) is 33.3 Å². The monoisotopic (exact) mass is 260 g/mol. The fourth-order valence-corrected chi connectivity index (χ4v) is 1.85. The summed E-state index contributed by atoms with van der Waals surface area (Å²) in [6.07, 6.45) is 0. The number of amides is 1. The van der Waals surface area contributed by atoms with E-state index in [0.717, 1.165) is 5.69 Å². The lowest BCUT2D eigenvalue weighted by atomic mass is 10.1. The molecular formula is C14H20N4O. The molecule has 2 N–H and O–H groups in total. The van der Waals surface area contributed by atoms with Gasteiger partial charge in [-0.05, 0) is 25.1 Å². The molecule has 0 aliphatic rings. The zero-order valence-corrected chi connectivity index (χ0v) is 11.8. The van der Waals surface area contributed by atoms with Crippen LogP contribution in [-0.4, -0.2) is 38.5 Å². The van der Waals surface area contributed by atoms with E-state index in [2.05, 4.69) is 6.07 Å². The minimum atomic E-state index is -0.188. The minimum absolute atomic E-state index is 0.126. The Morgan fingerprint density at radius 3 is 2.53 bits per heavy atom. The number of carbonyl (C=O) groups excluding carboxylic acids is 1. The summed E-state index contributed by atoms with van der Waals surface area (Å²) in [5.74, 6) is -0.313. The summed E-state index contributed by atoms with van der Waals surface area (Å²) >= 11 is 0. The van der Waals surface area contributed by atoms with Gasteiger partial charge in [0.05, 0.1) is 23.4 Å². The van der Waals surface area contributed by atoms with E-state index in [0.29, 0.717) is 17.8 Å². The van der Waals surface area contributed by atoms with E-state index >= 15 is 0 Å². The first-order valence-electron chi connectivity index (χ1n) is 6.08. The molecular weight excluding hydrogens is 240 g/mol. The normalized spacial score (nSPS) is 11.5. The van der Waals surface area contributed by atoms with Gasteiger partial charge in [0.1, 0.15) is 0 Å². The third-order valence-corrected chi connectivity index (χ3v) is 2.87. The average Bonchev–Trinajstić information content (AvgIpc) is 2.36. The van der Waals surface area contributed by atoms with Crippen molar-refractivity contribution in [1.82, 2.24) is 4.90 Å². The second-order valence-electron chi connectivity index (χ2n) is 4.88. The van der Waals surface area contributed by atoms with Gasteiger partial charge >= 0.3 is 0 Å². The molecule has 0 saturated carbocycles. The molecule has 5 nitrogen and oxygen atoms in total. The molecule has 0 saturated heterocycles. The van der Waals surface area contributed by atoms with Crippen LogP contribution in [0.2, 0.25) is 0 Å². The molecule has 0 radical (unpaired) electrons. The quantitative estimate of drug-likeness (QED) is 0.834. The summed E-state index contributed by atoms with van der Waals surface area (Å²) in [6, 6.07) is 7.36. The van der Waals surface area contributed by atoms with Crippen molar-refractivity contribution in [3.05, 3.63) is 23.8 Å². The van der Waals surface area contributed by atoms with E-state index in [9.17, 15) is 4.79 Å². The van der Waals surface area contributed by atoms with E-state index in [-0.39, 0.29) is 11.8 Å².